The molecule has 7 nitrogen and oxygen atoms in total. The molecule has 2 rings (SSSR count). The predicted octanol–water partition coefficient (Wildman–Crippen LogP) is 2.26. The zero-order valence-electron chi connectivity index (χ0n) is 11.0. The van der Waals surface area contributed by atoms with Gasteiger partial charge in [0.15, 0.2) is 0 Å². The quantitative estimate of drug-likeness (QED) is 0.503. The molecule has 0 radical (unpaired) electrons. The average molecular weight is 309 g/mol. The van der Waals surface area contributed by atoms with Crippen LogP contribution in [0.2, 0.25) is 5.02 Å². The summed E-state index contributed by atoms with van der Waals surface area (Å²) in [6, 6.07) is 3.98. The summed E-state index contributed by atoms with van der Waals surface area (Å²) < 4.78 is 1.90. The first kappa shape index (κ1) is 15.0. The Hall–Kier alpha value is -2.41. The topological polar surface area (TPSA) is 90.1 Å². The van der Waals surface area contributed by atoms with Crippen molar-refractivity contribution in [1.29, 1.82) is 0 Å². The van der Waals surface area contributed by atoms with Gasteiger partial charge in [-0.3, -0.25) is 14.9 Å². The summed E-state index contributed by atoms with van der Waals surface area (Å²) in [6.07, 6.45) is 5.96. The molecule has 1 N–H and O–H groups in total. The Balaban J connectivity index is 1.88. The minimum atomic E-state index is -0.613. The summed E-state index contributed by atoms with van der Waals surface area (Å²) in [4.78, 5) is 26.0. The fourth-order valence-corrected chi connectivity index (χ4v) is 1.96. The van der Waals surface area contributed by atoms with Gasteiger partial charge in [-0.2, -0.15) is 0 Å². The van der Waals surface area contributed by atoms with Crippen molar-refractivity contribution < 1.29 is 9.72 Å². The van der Waals surface area contributed by atoms with Crippen LogP contribution in [0, 0.1) is 10.1 Å². The highest BCUT2D eigenvalue weighted by Crippen LogP contribution is 2.24. The van der Waals surface area contributed by atoms with Crippen LogP contribution in [0.4, 0.5) is 5.69 Å². The van der Waals surface area contributed by atoms with E-state index in [0.717, 1.165) is 13.0 Å². The average Bonchev–Trinajstić information content (AvgIpc) is 2.96. The molecule has 0 bridgehead atoms. The van der Waals surface area contributed by atoms with Crippen molar-refractivity contribution in [3.63, 3.8) is 0 Å². The van der Waals surface area contributed by atoms with Crippen LogP contribution in [-0.2, 0) is 6.54 Å². The third-order valence-corrected chi connectivity index (χ3v) is 3.16. The van der Waals surface area contributed by atoms with Crippen molar-refractivity contribution in [2.75, 3.05) is 6.54 Å². The summed E-state index contributed by atoms with van der Waals surface area (Å²) in [6.45, 7) is 1.20. The van der Waals surface area contributed by atoms with Gasteiger partial charge in [-0.05, 0) is 18.6 Å². The first-order valence-corrected chi connectivity index (χ1v) is 6.63. The molecular weight excluding hydrogens is 296 g/mol. The molecule has 8 heteroatoms. The fraction of sp³-hybridized carbons (Fsp3) is 0.231. The van der Waals surface area contributed by atoms with E-state index >= 15 is 0 Å². The Morgan fingerprint density at radius 2 is 2.29 bits per heavy atom. The highest BCUT2D eigenvalue weighted by molar-refractivity contribution is 6.32. The highest BCUT2D eigenvalue weighted by atomic mass is 35.5. The third kappa shape index (κ3) is 4.03. The normalized spacial score (nSPS) is 10.3. The molecule has 0 spiro atoms. The van der Waals surface area contributed by atoms with E-state index in [2.05, 4.69) is 10.3 Å². The molecule has 21 heavy (non-hydrogen) atoms. The van der Waals surface area contributed by atoms with Crippen LogP contribution in [-0.4, -0.2) is 26.9 Å². The van der Waals surface area contributed by atoms with Gasteiger partial charge in [0, 0.05) is 37.1 Å². The minimum absolute atomic E-state index is 0.0108. The number of amides is 1. The first-order valence-electron chi connectivity index (χ1n) is 6.26. The number of nitro benzene ring substituents is 1. The van der Waals surface area contributed by atoms with Crippen LogP contribution >= 0.6 is 11.6 Å². The van der Waals surface area contributed by atoms with Gasteiger partial charge in [-0.25, -0.2) is 4.98 Å². The lowest BCUT2D eigenvalue weighted by molar-refractivity contribution is -0.384. The van der Waals surface area contributed by atoms with Gasteiger partial charge in [-0.15, -0.1) is 0 Å². The Morgan fingerprint density at radius 1 is 1.48 bits per heavy atom. The summed E-state index contributed by atoms with van der Waals surface area (Å²) in [7, 11) is 0. The largest absolute Gasteiger partial charge is 0.352 e. The van der Waals surface area contributed by atoms with E-state index in [4.69, 9.17) is 11.6 Å². The Kier molecular flexibility index (Phi) is 4.89. The molecule has 1 aromatic carbocycles. The van der Waals surface area contributed by atoms with Crippen LogP contribution in [0.3, 0.4) is 0 Å². The van der Waals surface area contributed by atoms with Gasteiger partial charge in [0.05, 0.1) is 11.3 Å². The zero-order valence-corrected chi connectivity index (χ0v) is 11.8. The summed E-state index contributed by atoms with van der Waals surface area (Å²) >= 11 is 5.70. The molecule has 0 saturated heterocycles. The summed E-state index contributed by atoms with van der Waals surface area (Å²) in [5.41, 5.74) is -0.0588. The molecule has 0 unspecified atom stereocenters. The molecule has 0 atom stereocenters. The highest BCUT2D eigenvalue weighted by Gasteiger charge is 2.15. The first-order chi connectivity index (χ1) is 10.1. The molecule has 0 saturated carbocycles. The maximum absolute atomic E-state index is 11.9. The van der Waals surface area contributed by atoms with Crippen LogP contribution in [0.25, 0.3) is 0 Å². The molecule has 2 aromatic rings. The Labute approximate surface area is 125 Å². The van der Waals surface area contributed by atoms with Gasteiger partial charge in [0.25, 0.3) is 11.6 Å². The van der Waals surface area contributed by atoms with Gasteiger partial charge in [0.2, 0.25) is 0 Å². The molecule has 1 aromatic heterocycles. The molecule has 110 valence electrons. The van der Waals surface area contributed by atoms with Crippen molar-refractivity contribution in [2.45, 2.75) is 13.0 Å². The van der Waals surface area contributed by atoms with E-state index in [1.54, 1.807) is 12.5 Å². The van der Waals surface area contributed by atoms with Crippen LogP contribution in [0.15, 0.2) is 36.9 Å². The number of nitro groups is 1. The summed E-state index contributed by atoms with van der Waals surface area (Å²) in [5.74, 6) is -0.361. The van der Waals surface area contributed by atoms with Crippen LogP contribution in [0.5, 0.6) is 0 Å². The van der Waals surface area contributed by atoms with E-state index < -0.39 is 4.92 Å². The van der Waals surface area contributed by atoms with Crippen molar-refractivity contribution >= 4 is 23.2 Å². The number of nitrogens with zero attached hydrogens (tertiary/aromatic N) is 3. The molecule has 1 amide bonds. The monoisotopic (exact) mass is 308 g/mol. The number of carbonyl (C=O) groups excluding carboxylic acids is 1. The van der Waals surface area contributed by atoms with Crippen molar-refractivity contribution in [3.05, 3.63) is 57.6 Å². The van der Waals surface area contributed by atoms with Gasteiger partial charge >= 0.3 is 0 Å². The number of imidazole rings is 1. The van der Waals surface area contributed by atoms with Gasteiger partial charge in [0.1, 0.15) is 5.02 Å². The van der Waals surface area contributed by atoms with Crippen molar-refractivity contribution in [2.24, 2.45) is 0 Å². The predicted molar refractivity (Wildman–Crippen MR) is 77.3 cm³/mol. The molecule has 0 fully saturated rings. The standard InChI is InChI=1S/C13H13ClN4O3/c14-11-3-2-10(8-12(11)18(20)21)13(19)16-4-1-6-17-7-5-15-9-17/h2-3,5,7-9H,1,4,6H2,(H,16,19). The van der Waals surface area contributed by atoms with Gasteiger partial charge in [-0.1, -0.05) is 11.6 Å². The SMILES string of the molecule is O=C(NCCCn1ccnc1)c1ccc(Cl)c([N+](=O)[O-])c1. The minimum Gasteiger partial charge on any atom is -0.352 e. The van der Waals surface area contributed by atoms with Gasteiger partial charge < -0.3 is 9.88 Å². The Bertz CT molecular complexity index is 643. The molecule has 1 heterocycles. The summed E-state index contributed by atoms with van der Waals surface area (Å²) in [5, 5.41) is 13.5. The second kappa shape index (κ2) is 6.85. The van der Waals surface area contributed by atoms with Crippen molar-refractivity contribution in [1.82, 2.24) is 14.9 Å². The number of hydrogen-bond donors (Lipinski definition) is 1. The smallest absolute Gasteiger partial charge is 0.288 e. The van der Waals surface area contributed by atoms with Crippen LogP contribution < -0.4 is 5.32 Å². The number of carbonyl (C=O) groups is 1. The van der Waals surface area contributed by atoms with E-state index in [-0.39, 0.29) is 22.2 Å². The van der Waals surface area contributed by atoms with E-state index in [9.17, 15) is 14.9 Å². The molecule has 0 aliphatic heterocycles. The fourth-order valence-electron chi connectivity index (χ4n) is 1.78. The number of hydrogen-bond acceptors (Lipinski definition) is 4. The Morgan fingerprint density at radius 3 is 2.95 bits per heavy atom. The number of nitrogens with one attached hydrogen (secondary N) is 1. The number of aromatic nitrogens is 2. The maximum atomic E-state index is 11.9. The number of benzene rings is 1. The molecular formula is C13H13ClN4O3. The number of aryl methyl sites for hydroxylation is 1. The van der Waals surface area contributed by atoms with Crippen LogP contribution in [0.1, 0.15) is 16.8 Å². The lowest BCUT2D eigenvalue weighted by atomic mass is 10.2. The lowest BCUT2D eigenvalue weighted by Gasteiger charge is -2.06. The van der Waals surface area contributed by atoms with Crippen molar-refractivity contribution in [3.8, 4) is 0 Å². The second-order valence-corrected chi connectivity index (χ2v) is 4.74. The molecule has 0 aliphatic carbocycles. The zero-order chi connectivity index (χ0) is 15.2. The van der Waals surface area contributed by atoms with E-state index in [0.29, 0.717) is 6.54 Å². The number of rotatable bonds is 6. The third-order valence-electron chi connectivity index (χ3n) is 2.84. The lowest BCUT2D eigenvalue weighted by Crippen LogP contribution is -2.25. The molecule has 0 aliphatic rings. The maximum Gasteiger partial charge on any atom is 0.288 e. The number of halogens is 1. The van der Waals surface area contributed by atoms with E-state index in [1.807, 2.05) is 10.8 Å². The second-order valence-electron chi connectivity index (χ2n) is 4.33. The van der Waals surface area contributed by atoms with E-state index in [1.165, 1.54) is 18.2 Å².